The molecule has 0 aliphatic heterocycles. The maximum Gasteiger partial charge on any atom is 0.263 e. The van der Waals surface area contributed by atoms with Crippen LogP contribution in [0, 0.1) is 0 Å². The number of nitrogens with two attached hydrogens (primary N) is 1. The smallest absolute Gasteiger partial charge is 0.263 e. The van der Waals surface area contributed by atoms with Crippen LogP contribution in [0.15, 0.2) is 27.5 Å². The van der Waals surface area contributed by atoms with Crippen LogP contribution in [-0.4, -0.2) is 9.55 Å². The molecule has 0 aliphatic rings. The first kappa shape index (κ1) is 10.6. The van der Waals surface area contributed by atoms with Crippen LogP contribution in [0.2, 0.25) is 5.28 Å². The Labute approximate surface area is 98.8 Å². The summed E-state index contributed by atoms with van der Waals surface area (Å²) < 4.78 is 2.07. The van der Waals surface area contributed by atoms with Gasteiger partial charge in [-0.05, 0) is 29.8 Å². The standard InChI is InChI=1S/C9H7BrClN3O/c10-5-1-2-6-7(3-5)13-9(11)14(4-12)8(6)15/h1-3H,4,12H2. The van der Waals surface area contributed by atoms with Crippen LogP contribution in [0.4, 0.5) is 0 Å². The Morgan fingerprint density at radius 2 is 2.27 bits per heavy atom. The van der Waals surface area contributed by atoms with Crippen molar-refractivity contribution in [1.82, 2.24) is 9.55 Å². The van der Waals surface area contributed by atoms with Crippen molar-refractivity contribution < 1.29 is 0 Å². The van der Waals surface area contributed by atoms with Gasteiger partial charge in [-0.25, -0.2) is 4.98 Å². The number of aromatic nitrogens is 2. The molecule has 0 atom stereocenters. The molecule has 1 heterocycles. The Kier molecular flexibility index (Phi) is 2.77. The van der Waals surface area contributed by atoms with Crippen molar-refractivity contribution in [2.24, 2.45) is 5.73 Å². The molecule has 4 nitrogen and oxygen atoms in total. The summed E-state index contributed by atoms with van der Waals surface area (Å²) in [5, 5.41) is 0.612. The van der Waals surface area contributed by atoms with E-state index in [1.54, 1.807) is 18.2 Å². The van der Waals surface area contributed by atoms with Gasteiger partial charge in [-0.2, -0.15) is 0 Å². The second-order valence-corrected chi connectivity index (χ2v) is 4.21. The Balaban J connectivity index is 2.91. The van der Waals surface area contributed by atoms with Gasteiger partial charge in [0.15, 0.2) is 0 Å². The fourth-order valence-electron chi connectivity index (χ4n) is 1.33. The SMILES string of the molecule is NCn1c(Cl)nc2cc(Br)ccc2c1=O. The summed E-state index contributed by atoms with van der Waals surface area (Å²) in [6.45, 7) is 0.0245. The van der Waals surface area contributed by atoms with Crippen LogP contribution in [0.5, 0.6) is 0 Å². The molecule has 1 aromatic carbocycles. The highest BCUT2D eigenvalue weighted by atomic mass is 79.9. The lowest BCUT2D eigenvalue weighted by molar-refractivity contribution is 0.693. The van der Waals surface area contributed by atoms with E-state index < -0.39 is 0 Å². The average Bonchev–Trinajstić information content (AvgIpc) is 2.17. The molecule has 0 unspecified atom stereocenters. The minimum atomic E-state index is -0.222. The first-order valence-electron chi connectivity index (χ1n) is 4.19. The zero-order valence-corrected chi connectivity index (χ0v) is 9.92. The van der Waals surface area contributed by atoms with Gasteiger partial charge in [-0.3, -0.25) is 9.36 Å². The van der Waals surface area contributed by atoms with Crippen molar-refractivity contribution >= 4 is 38.4 Å². The monoisotopic (exact) mass is 287 g/mol. The number of fused-ring (bicyclic) bond motifs is 1. The quantitative estimate of drug-likeness (QED) is 0.813. The molecule has 0 saturated carbocycles. The molecule has 0 amide bonds. The summed E-state index contributed by atoms with van der Waals surface area (Å²) in [5.41, 5.74) is 5.74. The minimum Gasteiger partial charge on any atom is -0.313 e. The van der Waals surface area contributed by atoms with E-state index in [9.17, 15) is 4.79 Å². The molecule has 0 bridgehead atoms. The molecule has 2 rings (SSSR count). The van der Waals surface area contributed by atoms with Crippen LogP contribution < -0.4 is 11.3 Å². The highest BCUT2D eigenvalue weighted by Crippen LogP contribution is 2.17. The summed E-state index contributed by atoms with van der Waals surface area (Å²) in [6, 6.07) is 5.21. The Bertz CT molecular complexity index is 581. The van der Waals surface area contributed by atoms with Gasteiger partial charge in [0.2, 0.25) is 5.28 Å². The molecular formula is C9H7BrClN3O. The molecule has 0 fully saturated rings. The zero-order chi connectivity index (χ0) is 11.0. The fraction of sp³-hybridized carbons (Fsp3) is 0.111. The predicted octanol–water partition coefficient (Wildman–Crippen LogP) is 1.73. The second-order valence-electron chi connectivity index (χ2n) is 2.96. The van der Waals surface area contributed by atoms with Gasteiger partial charge in [0.25, 0.3) is 5.56 Å². The zero-order valence-electron chi connectivity index (χ0n) is 7.58. The lowest BCUT2D eigenvalue weighted by Gasteiger charge is -2.06. The summed E-state index contributed by atoms with van der Waals surface area (Å²) in [6.07, 6.45) is 0. The molecule has 0 aliphatic carbocycles. The predicted molar refractivity (Wildman–Crippen MR) is 62.9 cm³/mol. The Hall–Kier alpha value is -0.910. The Morgan fingerprint density at radius 3 is 2.93 bits per heavy atom. The van der Waals surface area contributed by atoms with E-state index in [1.165, 1.54) is 4.57 Å². The largest absolute Gasteiger partial charge is 0.313 e. The number of hydrogen-bond donors (Lipinski definition) is 1. The van der Waals surface area contributed by atoms with E-state index in [0.717, 1.165) is 4.47 Å². The van der Waals surface area contributed by atoms with E-state index in [-0.39, 0.29) is 17.5 Å². The topological polar surface area (TPSA) is 60.9 Å². The summed E-state index contributed by atoms with van der Waals surface area (Å²) in [5.74, 6) is 0. The number of halogens is 2. The maximum absolute atomic E-state index is 11.8. The van der Waals surface area contributed by atoms with Crippen LogP contribution in [0.3, 0.4) is 0 Å². The lowest BCUT2D eigenvalue weighted by atomic mass is 10.2. The molecular weight excluding hydrogens is 281 g/mol. The first-order valence-corrected chi connectivity index (χ1v) is 5.36. The molecule has 2 aromatic rings. The van der Waals surface area contributed by atoms with E-state index in [2.05, 4.69) is 20.9 Å². The van der Waals surface area contributed by atoms with Gasteiger partial charge < -0.3 is 5.73 Å². The summed E-state index contributed by atoms with van der Waals surface area (Å²) >= 11 is 9.12. The number of hydrogen-bond acceptors (Lipinski definition) is 3. The minimum absolute atomic E-state index is 0.0245. The highest BCUT2D eigenvalue weighted by molar-refractivity contribution is 9.10. The maximum atomic E-state index is 11.8. The van der Waals surface area contributed by atoms with Crippen molar-refractivity contribution in [1.29, 1.82) is 0 Å². The third-order valence-electron chi connectivity index (χ3n) is 2.05. The van der Waals surface area contributed by atoms with E-state index >= 15 is 0 Å². The Morgan fingerprint density at radius 1 is 1.53 bits per heavy atom. The molecule has 6 heteroatoms. The summed E-state index contributed by atoms with van der Waals surface area (Å²) in [4.78, 5) is 15.9. The number of rotatable bonds is 1. The van der Waals surface area contributed by atoms with Gasteiger partial charge in [-0.15, -0.1) is 0 Å². The highest BCUT2D eigenvalue weighted by Gasteiger charge is 2.07. The molecule has 15 heavy (non-hydrogen) atoms. The molecule has 78 valence electrons. The molecule has 2 N–H and O–H groups in total. The molecule has 0 radical (unpaired) electrons. The average molecular weight is 289 g/mol. The van der Waals surface area contributed by atoms with Crippen molar-refractivity contribution in [3.05, 3.63) is 38.3 Å². The van der Waals surface area contributed by atoms with Gasteiger partial charge in [0.1, 0.15) is 0 Å². The van der Waals surface area contributed by atoms with Gasteiger partial charge >= 0.3 is 0 Å². The van der Waals surface area contributed by atoms with Crippen LogP contribution >= 0.6 is 27.5 Å². The van der Waals surface area contributed by atoms with E-state index in [4.69, 9.17) is 17.3 Å². The van der Waals surface area contributed by atoms with E-state index in [0.29, 0.717) is 10.9 Å². The van der Waals surface area contributed by atoms with Crippen molar-refractivity contribution in [2.75, 3.05) is 0 Å². The van der Waals surface area contributed by atoms with Crippen LogP contribution in [0.25, 0.3) is 10.9 Å². The van der Waals surface area contributed by atoms with E-state index in [1.807, 2.05) is 0 Å². The van der Waals surface area contributed by atoms with Crippen LogP contribution in [0.1, 0.15) is 0 Å². The number of benzene rings is 1. The van der Waals surface area contributed by atoms with Crippen molar-refractivity contribution in [2.45, 2.75) is 6.67 Å². The number of nitrogens with zero attached hydrogens (tertiary/aromatic N) is 2. The van der Waals surface area contributed by atoms with Crippen molar-refractivity contribution in [3.63, 3.8) is 0 Å². The first-order chi connectivity index (χ1) is 7.13. The van der Waals surface area contributed by atoms with Crippen LogP contribution in [-0.2, 0) is 6.67 Å². The molecule has 1 aromatic heterocycles. The van der Waals surface area contributed by atoms with Gasteiger partial charge in [0, 0.05) is 4.47 Å². The third-order valence-corrected chi connectivity index (χ3v) is 2.84. The lowest BCUT2D eigenvalue weighted by Crippen LogP contribution is -2.25. The van der Waals surface area contributed by atoms with Gasteiger partial charge in [0.05, 0.1) is 17.6 Å². The fourth-order valence-corrected chi connectivity index (χ4v) is 1.91. The second kappa shape index (κ2) is 3.92. The van der Waals surface area contributed by atoms with Crippen molar-refractivity contribution in [3.8, 4) is 0 Å². The summed E-state index contributed by atoms with van der Waals surface area (Å²) in [7, 11) is 0. The van der Waals surface area contributed by atoms with Gasteiger partial charge in [-0.1, -0.05) is 15.9 Å². The normalized spacial score (nSPS) is 10.9. The molecule has 0 saturated heterocycles. The third kappa shape index (κ3) is 1.78. The molecule has 0 spiro atoms.